The summed E-state index contributed by atoms with van der Waals surface area (Å²) in [7, 11) is 0. The van der Waals surface area contributed by atoms with E-state index in [1.165, 1.54) is 16.7 Å². The van der Waals surface area contributed by atoms with E-state index in [9.17, 15) is 0 Å². The van der Waals surface area contributed by atoms with Crippen LogP contribution < -0.4 is 4.74 Å². The maximum atomic E-state index is 6.36. The molecular weight excluding hydrogens is 507 g/mol. The Kier molecular flexibility index (Phi) is 7.20. The van der Waals surface area contributed by atoms with Crippen LogP contribution in [-0.4, -0.2) is 6.61 Å². The lowest BCUT2D eigenvalue weighted by molar-refractivity contribution is 0.363. The highest BCUT2D eigenvalue weighted by Gasteiger charge is 2.13. The summed E-state index contributed by atoms with van der Waals surface area (Å²) in [6.07, 6.45) is 1.87. The lowest BCUT2D eigenvalue weighted by Gasteiger charge is -2.17. The highest BCUT2D eigenvalue weighted by molar-refractivity contribution is 9.28. The van der Waals surface area contributed by atoms with Gasteiger partial charge < -0.3 is 4.74 Å². The second-order valence-electron chi connectivity index (χ2n) is 5.22. The monoisotopic (exact) mass is 520 g/mol. The molecule has 122 valence electrons. The predicted octanol–water partition coefficient (Wildman–Crippen LogP) is 7.57. The summed E-state index contributed by atoms with van der Waals surface area (Å²) in [6.45, 7) is 4.76. The Balaban J connectivity index is 2.20. The molecule has 0 spiro atoms. The minimum absolute atomic E-state index is 0.270. The number of hydrogen-bond donors (Lipinski definition) is 0. The van der Waals surface area contributed by atoms with Crippen LogP contribution in [0, 0.1) is 6.92 Å². The fraction of sp³-hybridized carbons (Fsp3) is 0.222. The predicted molar refractivity (Wildman–Crippen MR) is 109 cm³/mol. The van der Waals surface area contributed by atoms with E-state index in [1.807, 2.05) is 18.2 Å². The smallest absolute Gasteiger partial charge is 0.138 e. The Morgan fingerprint density at radius 3 is 2.57 bits per heavy atom. The molecule has 1 unspecified atom stereocenters. The molecule has 0 aromatic heterocycles. The van der Waals surface area contributed by atoms with Crippen molar-refractivity contribution >= 4 is 59.4 Å². The van der Waals surface area contributed by atoms with Crippen LogP contribution in [0.25, 0.3) is 0 Å². The van der Waals surface area contributed by atoms with E-state index >= 15 is 0 Å². The number of rotatable bonds is 5. The first-order valence-corrected chi connectivity index (χ1v) is 9.83. The Morgan fingerprint density at radius 1 is 1.22 bits per heavy atom. The molecule has 5 heteroatoms. The Bertz CT molecular complexity index is 724. The molecule has 2 rings (SSSR count). The molecule has 0 saturated heterocycles. The van der Waals surface area contributed by atoms with Gasteiger partial charge in [-0.05, 0) is 85.8 Å². The summed E-state index contributed by atoms with van der Waals surface area (Å²) in [5.74, 6) is 0.957. The molecule has 0 fully saturated rings. The number of hydrogen-bond acceptors (Lipinski definition) is 1. The van der Waals surface area contributed by atoms with E-state index < -0.39 is 0 Å². The van der Waals surface area contributed by atoms with Gasteiger partial charge in [-0.15, -0.1) is 0 Å². The Labute approximate surface area is 167 Å². The molecule has 0 amide bonds. The van der Waals surface area contributed by atoms with Gasteiger partial charge >= 0.3 is 0 Å². The number of ether oxygens (including phenoxy) is 1. The van der Waals surface area contributed by atoms with E-state index in [-0.39, 0.29) is 5.92 Å². The first kappa shape index (κ1) is 19.0. The van der Waals surface area contributed by atoms with Gasteiger partial charge in [0.15, 0.2) is 0 Å². The quantitative estimate of drug-likeness (QED) is 0.393. The van der Waals surface area contributed by atoms with Crippen molar-refractivity contribution in [3.8, 4) is 5.75 Å². The van der Waals surface area contributed by atoms with Crippen molar-refractivity contribution < 1.29 is 4.74 Å². The van der Waals surface area contributed by atoms with Crippen LogP contribution in [0.3, 0.4) is 0 Å². The highest BCUT2D eigenvalue weighted by Crippen LogP contribution is 2.33. The summed E-state index contributed by atoms with van der Waals surface area (Å²) < 4.78 is 7.61. The third-order valence-corrected chi connectivity index (χ3v) is 5.07. The van der Waals surface area contributed by atoms with Gasteiger partial charge in [-0.25, -0.2) is 0 Å². The summed E-state index contributed by atoms with van der Waals surface area (Å²) in [6, 6.07) is 12.3. The van der Waals surface area contributed by atoms with Crippen molar-refractivity contribution in [1.82, 2.24) is 0 Å². The average molecular weight is 523 g/mol. The van der Waals surface area contributed by atoms with Gasteiger partial charge in [-0.3, -0.25) is 0 Å². The van der Waals surface area contributed by atoms with Gasteiger partial charge in [-0.2, -0.15) is 0 Å². The fourth-order valence-corrected chi connectivity index (χ4v) is 3.39. The van der Waals surface area contributed by atoms with Gasteiger partial charge in [0.25, 0.3) is 0 Å². The number of aryl methyl sites for hydroxylation is 1. The highest BCUT2D eigenvalue weighted by atomic mass is 79.9. The molecule has 0 bridgehead atoms. The zero-order valence-corrected chi connectivity index (χ0v) is 18.3. The van der Waals surface area contributed by atoms with Crippen LogP contribution in [-0.2, 0) is 0 Å². The maximum Gasteiger partial charge on any atom is 0.138 e. The topological polar surface area (TPSA) is 9.23 Å². The third kappa shape index (κ3) is 5.35. The molecule has 2 aromatic carbocycles. The molecule has 1 atom stereocenters. The van der Waals surface area contributed by atoms with Crippen molar-refractivity contribution in [1.29, 1.82) is 0 Å². The second-order valence-corrected chi connectivity index (χ2v) is 9.31. The minimum Gasteiger partial charge on any atom is -0.488 e. The fourth-order valence-electron chi connectivity index (χ4n) is 2.40. The lowest BCUT2D eigenvalue weighted by atomic mass is 9.90. The van der Waals surface area contributed by atoms with Crippen LogP contribution in [0.2, 0.25) is 5.02 Å². The SMILES string of the molecule is Cc1cc(Br)ccc1C(C)c1ccc(OCC=C(Br)Br)c(Cl)c1. The largest absolute Gasteiger partial charge is 0.488 e. The normalized spacial score (nSPS) is 11.9. The lowest BCUT2D eigenvalue weighted by Crippen LogP contribution is -2.00. The summed E-state index contributed by atoms with van der Waals surface area (Å²) in [5.41, 5.74) is 3.73. The number of halogens is 4. The van der Waals surface area contributed by atoms with Gasteiger partial charge in [0.2, 0.25) is 0 Å². The third-order valence-electron chi connectivity index (χ3n) is 3.63. The van der Waals surface area contributed by atoms with Crippen molar-refractivity contribution in [2.24, 2.45) is 0 Å². The van der Waals surface area contributed by atoms with Crippen molar-refractivity contribution in [2.45, 2.75) is 19.8 Å². The van der Waals surface area contributed by atoms with E-state index in [0.29, 0.717) is 17.4 Å². The van der Waals surface area contributed by atoms with E-state index in [4.69, 9.17) is 16.3 Å². The second kappa shape index (κ2) is 8.70. The molecule has 0 N–H and O–H groups in total. The van der Waals surface area contributed by atoms with Gasteiger partial charge in [0.05, 0.1) is 8.41 Å². The molecule has 0 aliphatic carbocycles. The molecule has 0 heterocycles. The van der Waals surface area contributed by atoms with Gasteiger partial charge in [-0.1, -0.05) is 46.6 Å². The van der Waals surface area contributed by atoms with Crippen LogP contribution in [0.15, 0.2) is 50.3 Å². The number of benzene rings is 2. The molecule has 0 aliphatic heterocycles. The summed E-state index contributed by atoms with van der Waals surface area (Å²) in [5, 5.41) is 0.628. The summed E-state index contributed by atoms with van der Waals surface area (Å²) >= 11 is 16.5. The van der Waals surface area contributed by atoms with Crippen LogP contribution >= 0.6 is 59.4 Å². The zero-order chi connectivity index (χ0) is 17.0. The molecular formula is C18H16Br3ClO. The average Bonchev–Trinajstić information content (AvgIpc) is 2.48. The van der Waals surface area contributed by atoms with Gasteiger partial charge in [0, 0.05) is 10.4 Å². The molecule has 0 saturated carbocycles. The van der Waals surface area contributed by atoms with Crippen molar-refractivity contribution in [2.75, 3.05) is 6.61 Å². The molecule has 2 aromatic rings. The molecule has 23 heavy (non-hydrogen) atoms. The van der Waals surface area contributed by atoms with Crippen molar-refractivity contribution in [3.05, 3.63) is 72.1 Å². The zero-order valence-electron chi connectivity index (χ0n) is 12.7. The first-order chi connectivity index (χ1) is 10.9. The van der Waals surface area contributed by atoms with Crippen LogP contribution in [0.1, 0.15) is 29.5 Å². The standard InChI is InChI=1S/C18H16Br3ClO/c1-11-9-14(19)4-5-15(11)12(2)13-3-6-17(16(22)10-13)23-8-7-18(20)21/h3-7,9-10,12H,8H2,1-2H3. The van der Waals surface area contributed by atoms with E-state index in [2.05, 4.69) is 85.9 Å². The summed E-state index contributed by atoms with van der Waals surface area (Å²) in [4.78, 5) is 0. The molecule has 0 radical (unpaired) electrons. The van der Waals surface area contributed by atoms with E-state index in [1.54, 1.807) is 0 Å². The van der Waals surface area contributed by atoms with Crippen molar-refractivity contribution in [3.63, 3.8) is 0 Å². The Morgan fingerprint density at radius 2 is 1.96 bits per heavy atom. The van der Waals surface area contributed by atoms with Crippen LogP contribution in [0.5, 0.6) is 5.75 Å². The molecule has 0 aliphatic rings. The first-order valence-electron chi connectivity index (χ1n) is 7.08. The minimum atomic E-state index is 0.270. The molecule has 1 nitrogen and oxygen atoms in total. The van der Waals surface area contributed by atoms with E-state index in [0.717, 1.165) is 7.86 Å². The van der Waals surface area contributed by atoms with Crippen LogP contribution in [0.4, 0.5) is 0 Å². The van der Waals surface area contributed by atoms with Gasteiger partial charge in [0.1, 0.15) is 12.4 Å². The maximum absolute atomic E-state index is 6.36. The Hall–Kier alpha value is -0.290.